The van der Waals surface area contributed by atoms with E-state index in [9.17, 15) is 14.3 Å². The summed E-state index contributed by atoms with van der Waals surface area (Å²) in [6.07, 6.45) is -0.879. The molecule has 2 aromatic rings. The van der Waals surface area contributed by atoms with Crippen molar-refractivity contribution >= 4 is 16.9 Å². The van der Waals surface area contributed by atoms with Crippen molar-refractivity contribution < 1.29 is 14.3 Å². The molecule has 106 valence electrons. The number of carbonyl (C=O) groups excluding carboxylic acids is 1. The van der Waals surface area contributed by atoms with E-state index in [-0.39, 0.29) is 25.5 Å². The first-order chi connectivity index (χ1) is 9.60. The Morgan fingerprint density at radius 2 is 2.35 bits per heavy atom. The zero-order valence-corrected chi connectivity index (χ0v) is 11.0. The van der Waals surface area contributed by atoms with Crippen LogP contribution in [0, 0.1) is 0 Å². The smallest absolute Gasteiger partial charge is 0.254 e. The number of alkyl halides is 1. The minimum atomic E-state index is -1.07. The van der Waals surface area contributed by atoms with Gasteiger partial charge in [-0.15, -0.1) is 5.10 Å². The van der Waals surface area contributed by atoms with Gasteiger partial charge in [0.2, 0.25) is 0 Å². The van der Waals surface area contributed by atoms with E-state index >= 15 is 0 Å². The molecule has 2 heterocycles. The van der Waals surface area contributed by atoms with E-state index in [1.54, 1.807) is 29.9 Å². The van der Waals surface area contributed by atoms with Gasteiger partial charge in [-0.05, 0) is 18.2 Å². The predicted molar refractivity (Wildman–Crippen MR) is 69.9 cm³/mol. The van der Waals surface area contributed by atoms with Gasteiger partial charge in [0, 0.05) is 19.0 Å². The molecule has 1 N–H and O–H groups in total. The fourth-order valence-corrected chi connectivity index (χ4v) is 2.61. The molecule has 1 saturated heterocycles. The number of halogens is 1. The molecule has 3 rings (SSSR count). The number of fused-ring (bicyclic) bond motifs is 1. The third kappa shape index (κ3) is 2.03. The summed E-state index contributed by atoms with van der Waals surface area (Å²) in [5, 5.41) is 17.1. The summed E-state index contributed by atoms with van der Waals surface area (Å²) >= 11 is 0. The normalized spacial score (nSPS) is 22.6. The average Bonchev–Trinajstić information content (AvgIpc) is 3.01. The van der Waals surface area contributed by atoms with Crippen molar-refractivity contribution in [1.29, 1.82) is 0 Å². The molecule has 0 saturated carbocycles. The second kappa shape index (κ2) is 4.82. The molecule has 20 heavy (non-hydrogen) atoms. The number of aliphatic hydroxyl groups is 1. The number of carbonyl (C=O) groups is 1. The summed E-state index contributed by atoms with van der Waals surface area (Å²) in [5.74, 6) is -0.271. The number of hydrogen-bond donors (Lipinski definition) is 1. The molecular formula is C13H15FN4O2. The Balaban J connectivity index is 1.93. The van der Waals surface area contributed by atoms with Gasteiger partial charge >= 0.3 is 0 Å². The van der Waals surface area contributed by atoms with Gasteiger partial charge in [0.05, 0.1) is 24.7 Å². The predicted octanol–water partition coefficient (Wildman–Crippen LogP) is 0.513. The molecule has 0 spiro atoms. The van der Waals surface area contributed by atoms with Crippen molar-refractivity contribution in [1.82, 2.24) is 19.9 Å². The van der Waals surface area contributed by atoms with Gasteiger partial charge < -0.3 is 10.0 Å². The van der Waals surface area contributed by atoms with Crippen LogP contribution in [-0.4, -0.2) is 56.3 Å². The van der Waals surface area contributed by atoms with Gasteiger partial charge in [0.1, 0.15) is 11.7 Å². The second-order valence-corrected chi connectivity index (χ2v) is 5.04. The Morgan fingerprint density at radius 3 is 3.10 bits per heavy atom. The zero-order chi connectivity index (χ0) is 14.3. The third-order valence-corrected chi connectivity index (χ3v) is 3.69. The second-order valence-electron chi connectivity index (χ2n) is 5.04. The maximum atomic E-state index is 13.4. The lowest BCUT2D eigenvalue weighted by atomic mass is 10.1. The Morgan fingerprint density at radius 1 is 1.55 bits per heavy atom. The number of aromatic nitrogens is 3. The van der Waals surface area contributed by atoms with E-state index in [2.05, 4.69) is 10.3 Å². The minimum Gasteiger partial charge on any atom is -0.394 e. The Hall–Kier alpha value is -2.02. The first-order valence-corrected chi connectivity index (χ1v) is 6.45. The molecule has 1 aromatic heterocycles. The first-order valence-electron chi connectivity index (χ1n) is 6.45. The van der Waals surface area contributed by atoms with Gasteiger partial charge in [-0.25, -0.2) is 9.07 Å². The molecular weight excluding hydrogens is 263 g/mol. The van der Waals surface area contributed by atoms with Gasteiger partial charge in [-0.3, -0.25) is 4.79 Å². The van der Waals surface area contributed by atoms with Crippen LogP contribution < -0.4 is 0 Å². The maximum absolute atomic E-state index is 13.4. The number of nitrogens with zero attached hydrogens (tertiary/aromatic N) is 4. The van der Waals surface area contributed by atoms with Gasteiger partial charge in [-0.1, -0.05) is 5.21 Å². The van der Waals surface area contributed by atoms with Crippen LogP contribution >= 0.6 is 0 Å². The molecule has 0 unspecified atom stereocenters. The lowest BCUT2D eigenvalue weighted by Gasteiger charge is -2.22. The van der Waals surface area contributed by atoms with Crippen LogP contribution in [0.3, 0.4) is 0 Å². The summed E-state index contributed by atoms with van der Waals surface area (Å²) in [5.41, 5.74) is 1.90. The van der Waals surface area contributed by atoms with E-state index < -0.39 is 12.2 Å². The summed E-state index contributed by atoms with van der Waals surface area (Å²) in [4.78, 5) is 13.8. The van der Waals surface area contributed by atoms with Crippen LogP contribution in [0.25, 0.3) is 11.0 Å². The monoisotopic (exact) mass is 278 g/mol. The number of hydrogen-bond acceptors (Lipinski definition) is 4. The number of amides is 1. The van der Waals surface area contributed by atoms with Crippen molar-refractivity contribution in [3.8, 4) is 0 Å². The summed E-state index contributed by atoms with van der Waals surface area (Å²) < 4.78 is 15.0. The lowest BCUT2D eigenvalue weighted by Crippen LogP contribution is -2.37. The largest absolute Gasteiger partial charge is 0.394 e. The fraction of sp³-hybridized carbons (Fsp3) is 0.462. The Bertz CT molecular complexity index is 657. The van der Waals surface area contributed by atoms with E-state index in [4.69, 9.17) is 0 Å². The lowest BCUT2D eigenvalue weighted by molar-refractivity contribution is 0.0673. The molecule has 1 aliphatic heterocycles. The van der Waals surface area contributed by atoms with Gasteiger partial charge in [0.25, 0.3) is 5.91 Å². The fourth-order valence-electron chi connectivity index (χ4n) is 2.61. The average molecular weight is 278 g/mol. The highest BCUT2D eigenvalue weighted by molar-refractivity contribution is 5.97. The van der Waals surface area contributed by atoms with Crippen molar-refractivity contribution in [2.45, 2.75) is 18.6 Å². The maximum Gasteiger partial charge on any atom is 0.254 e. The van der Waals surface area contributed by atoms with Crippen molar-refractivity contribution in [3.05, 3.63) is 23.8 Å². The van der Waals surface area contributed by atoms with E-state index in [1.807, 2.05) is 0 Å². The number of benzene rings is 1. The molecule has 6 nitrogen and oxygen atoms in total. The van der Waals surface area contributed by atoms with Crippen LogP contribution in [0.15, 0.2) is 18.2 Å². The number of aryl methyl sites for hydroxylation is 1. The highest BCUT2D eigenvalue weighted by atomic mass is 19.1. The highest BCUT2D eigenvalue weighted by Gasteiger charge is 2.35. The molecule has 1 amide bonds. The Labute approximate surface area is 114 Å². The molecule has 1 aliphatic rings. The van der Waals surface area contributed by atoms with Gasteiger partial charge in [-0.2, -0.15) is 0 Å². The molecule has 0 radical (unpaired) electrons. The number of aliphatic hydroxyl groups excluding tert-OH is 1. The molecule has 1 fully saturated rings. The van der Waals surface area contributed by atoms with Crippen LogP contribution in [-0.2, 0) is 7.05 Å². The van der Waals surface area contributed by atoms with Crippen molar-refractivity contribution in [2.75, 3.05) is 13.2 Å². The number of likely N-dealkylation sites (tertiary alicyclic amines) is 1. The number of rotatable bonds is 2. The summed E-state index contributed by atoms with van der Waals surface area (Å²) in [6, 6.07) is 4.61. The van der Waals surface area contributed by atoms with Crippen LogP contribution in [0.5, 0.6) is 0 Å². The zero-order valence-electron chi connectivity index (χ0n) is 11.0. The van der Waals surface area contributed by atoms with E-state index in [0.717, 1.165) is 5.52 Å². The minimum absolute atomic E-state index is 0.0335. The summed E-state index contributed by atoms with van der Waals surface area (Å²) in [7, 11) is 1.74. The molecule has 0 aliphatic carbocycles. The van der Waals surface area contributed by atoms with Crippen LogP contribution in [0.1, 0.15) is 16.8 Å². The molecule has 1 aromatic carbocycles. The quantitative estimate of drug-likeness (QED) is 0.869. The highest BCUT2D eigenvalue weighted by Crippen LogP contribution is 2.23. The third-order valence-electron chi connectivity index (χ3n) is 3.69. The van der Waals surface area contributed by atoms with Crippen molar-refractivity contribution in [2.24, 2.45) is 7.05 Å². The molecule has 2 atom stereocenters. The van der Waals surface area contributed by atoms with Crippen LogP contribution in [0.4, 0.5) is 4.39 Å². The topological polar surface area (TPSA) is 71.2 Å². The SMILES string of the molecule is Cn1nnc2ccc(C(=O)N3C[C@@H](F)C[C@H]3CO)cc21. The van der Waals surface area contributed by atoms with E-state index in [0.29, 0.717) is 11.1 Å². The first kappa shape index (κ1) is 13.0. The Kier molecular flexibility index (Phi) is 3.13. The molecule has 7 heteroatoms. The van der Waals surface area contributed by atoms with E-state index in [1.165, 1.54) is 4.90 Å². The van der Waals surface area contributed by atoms with Crippen LogP contribution in [0.2, 0.25) is 0 Å². The summed E-state index contributed by atoms with van der Waals surface area (Å²) in [6.45, 7) is -0.187. The molecule has 0 bridgehead atoms. The standard InChI is InChI=1S/C13H15FN4O2/c1-17-12-4-8(2-3-11(12)15-16-17)13(20)18-6-9(14)5-10(18)7-19/h2-4,9-10,19H,5-7H2,1H3/t9-,10-/m0/s1. The van der Waals surface area contributed by atoms with Gasteiger partial charge in [0.15, 0.2) is 0 Å². The van der Waals surface area contributed by atoms with Crippen molar-refractivity contribution in [3.63, 3.8) is 0 Å².